The molecular weight excluding hydrogens is 194 g/mol. The Kier molecular flexibility index (Phi) is 8.09. The lowest BCUT2D eigenvalue weighted by molar-refractivity contribution is 0.0845. The van der Waals surface area contributed by atoms with Crippen molar-refractivity contribution in [3.05, 3.63) is 0 Å². The van der Waals surface area contributed by atoms with Crippen LogP contribution in [0.1, 0.15) is 46.5 Å². The van der Waals surface area contributed by atoms with Crippen LogP contribution >= 0.6 is 0 Å². The van der Waals surface area contributed by atoms with Crippen LogP contribution in [0.4, 0.5) is 4.79 Å². The number of carbonyl (C=O) groups excluding carboxylic acids is 1. The molecule has 0 bridgehead atoms. The first kappa shape index (κ1) is 14.2. The van der Waals surface area contributed by atoms with Crippen LogP contribution in [0.5, 0.6) is 0 Å². The molecule has 15 heavy (non-hydrogen) atoms. The van der Waals surface area contributed by atoms with Crippen LogP contribution in [0.25, 0.3) is 0 Å². The minimum Gasteiger partial charge on any atom is -0.450 e. The SMILES string of the molecule is CCCCOC(=O)NC(O)CC(C)CC. The predicted molar refractivity (Wildman–Crippen MR) is 59.5 cm³/mol. The van der Waals surface area contributed by atoms with Gasteiger partial charge in [-0.2, -0.15) is 0 Å². The normalized spacial score (nSPS) is 14.4. The molecule has 2 atom stereocenters. The summed E-state index contributed by atoms with van der Waals surface area (Å²) in [5.41, 5.74) is 0. The molecule has 0 aromatic heterocycles. The Morgan fingerprint density at radius 3 is 2.67 bits per heavy atom. The number of rotatable bonds is 7. The highest BCUT2D eigenvalue weighted by Crippen LogP contribution is 2.08. The summed E-state index contributed by atoms with van der Waals surface area (Å²) in [4.78, 5) is 11.1. The molecule has 0 heterocycles. The van der Waals surface area contributed by atoms with Gasteiger partial charge in [0.15, 0.2) is 0 Å². The van der Waals surface area contributed by atoms with Crippen LogP contribution in [0.15, 0.2) is 0 Å². The molecule has 0 rings (SSSR count). The third-order valence-corrected chi connectivity index (χ3v) is 2.34. The molecule has 4 heteroatoms. The number of aliphatic hydroxyl groups excluding tert-OH is 1. The first-order valence-corrected chi connectivity index (χ1v) is 5.71. The van der Waals surface area contributed by atoms with Crippen molar-refractivity contribution >= 4 is 6.09 Å². The van der Waals surface area contributed by atoms with Crippen LogP contribution in [0.2, 0.25) is 0 Å². The lowest BCUT2D eigenvalue weighted by atomic mass is 10.0. The number of ether oxygens (including phenoxy) is 1. The van der Waals surface area contributed by atoms with Gasteiger partial charge in [-0.25, -0.2) is 4.79 Å². The summed E-state index contributed by atoms with van der Waals surface area (Å²) in [5.74, 6) is 0.399. The Morgan fingerprint density at radius 1 is 1.47 bits per heavy atom. The lowest BCUT2D eigenvalue weighted by Gasteiger charge is -2.16. The standard InChI is InChI=1S/C11H23NO3/c1-4-6-7-15-11(14)12-10(13)8-9(3)5-2/h9-10,13H,4-8H2,1-3H3,(H,12,14). The number of hydrogen-bond donors (Lipinski definition) is 2. The Hall–Kier alpha value is -0.770. The highest BCUT2D eigenvalue weighted by atomic mass is 16.5. The monoisotopic (exact) mass is 217 g/mol. The minimum absolute atomic E-state index is 0.399. The molecule has 0 radical (unpaired) electrons. The summed E-state index contributed by atoms with van der Waals surface area (Å²) in [7, 11) is 0. The molecule has 0 aromatic rings. The summed E-state index contributed by atoms with van der Waals surface area (Å²) in [6.07, 6.45) is 2.08. The molecule has 0 saturated carbocycles. The van der Waals surface area contributed by atoms with Crippen molar-refractivity contribution in [2.75, 3.05) is 6.61 Å². The largest absolute Gasteiger partial charge is 0.450 e. The maximum Gasteiger partial charge on any atom is 0.409 e. The third-order valence-electron chi connectivity index (χ3n) is 2.34. The molecule has 0 aliphatic carbocycles. The molecule has 0 aliphatic rings. The van der Waals surface area contributed by atoms with Crippen LogP contribution in [-0.2, 0) is 4.74 Å². The topological polar surface area (TPSA) is 58.6 Å². The number of alkyl carbamates (subject to hydrolysis) is 1. The van der Waals surface area contributed by atoms with Crippen molar-refractivity contribution in [1.82, 2.24) is 5.32 Å². The Morgan fingerprint density at radius 2 is 2.13 bits per heavy atom. The van der Waals surface area contributed by atoms with Crippen LogP contribution < -0.4 is 5.32 Å². The first-order valence-electron chi connectivity index (χ1n) is 5.71. The van der Waals surface area contributed by atoms with Gasteiger partial charge in [-0.15, -0.1) is 0 Å². The van der Waals surface area contributed by atoms with Gasteiger partial charge in [0.05, 0.1) is 6.61 Å². The van der Waals surface area contributed by atoms with Crippen molar-refractivity contribution in [1.29, 1.82) is 0 Å². The van der Waals surface area contributed by atoms with Gasteiger partial charge < -0.3 is 9.84 Å². The van der Waals surface area contributed by atoms with E-state index in [4.69, 9.17) is 4.74 Å². The van der Waals surface area contributed by atoms with E-state index in [1.807, 2.05) is 13.8 Å². The molecular formula is C11H23NO3. The van der Waals surface area contributed by atoms with E-state index < -0.39 is 12.3 Å². The molecule has 2 unspecified atom stereocenters. The number of carbonyl (C=O) groups is 1. The van der Waals surface area contributed by atoms with Gasteiger partial charge in [0.2, 0.25) is 0 Å². The average molecular weight is 217 g/mol. The van der Waals surface area contributed by atoms with Crippen LogP contribution in [0.3, 0.4) is 0 Å². The zero-order valence-electron chi connectivity index (χ0n) is 9.95. The lowest BCUT2D eigenvalue weighted by Crippen LogP contribution is -2.36. The quantitative estimate of drug-likeness (QED) is 0.508. The molecule has 1 amide bonds. The Labute approximate surface area is 92.0 Å². The first-order chi connectivity index (χ1) is 7.10. The van der Waals surface area contributed by atoms with E-state index >= 15 is 0 Å². The molecule has 0 aromatic carbocycles. The van der Waals surface area contributed by atoms with Crippen molar-refractivity contribution in [2.45, 2.75) is 52.7 Å². The molecule has 0 aliphatic heterocycles. The zero-order valence-corrected chi connectivity index (χ0v) is 9.95. The Balaban J connectivity index is 3.57. The second-order valence-corrected chi connectivity index (χ2v) is 3.90. The second-order valence-electron chi connectivity index (χ2n) is 3.90. The number of nitrogens with one attached hydrogen (secondary N) is 1. The van der Waals surface area contributed by atoms with Gasteiger partial charge in [-0.1, -0.05) is 33.6 Å². The zero-order chi connectivity index (χ0) is 11.7. The minimum atomic E-state index is -0.797. The number of aliphatic hydroxyl groups is 1. The summed E-state index contributed by atoms with van der Waals surface area (Å²) < 4.78 is 4.86. The Bertz CT molecular complexity index is 173. The highest BCUT2D eigenvalue weighted by Gasteiger charge is 2.12. The van der Waals surface area contributed by atoms with Crippen molar-refractivity contribution in [2.24, 2.45) is 5.92 Å². The van der Waals surface area contributed by atoms with E-state index in [0.29, 0.717) is 18.9 Å². The third kappa shape index (κ3) is 8.24. The molecule has 90 valence electrons. The van der Waals surface area contributed by atoms with Crippen LogP contribution in [0, 0.1) is 5.92 Å². The maximum atomic E-state index is 11.1. The van der Waals surface area contributed by atoms with Crippen molar-refractivity contribution < 1.29 is 14.6 Å². The molecule has 0 fully saturated rings. The fourth-order valence-corrected chi connectivity index (χ4v) is 1.09. The molecule has 0 saturated heterocycles. The summed E-state index contributed by atoms with van der Waals surface area (Å²) in [5, 5.41) is 11.9. The molecule has 4 nitrogen and oxygen atoms in total. The summed E-state index contributed by atoms with van der Waals surface area (Å²) in [6.45, 7) is 6.53. The van der Waals surface area contributed by atoms with Gasteiger partial charge in [0.25, 0.3) is 0 Å². The number of unbranched alkanes of at least 4 members (excludes halogenated alkanes) is 1. The van der Waals surface area contributed by atoms with E-state index in [2.05, 4.69) is 12.2 Å². The average Bonchev–Trinajstić information content (AvgIpc) is 2.17. The van der Waals surface area contributed by atoms with Gasteiger partial charge in [0, 0.05) is 0 Å². The summed E-state index contributed by atoms with van der Waals surface area (Å²) in [6, 6.07) is 0. The highest BCUT2D eigenvalue weighted by molar-refractivity contribution is 5.67. The van der Waals surface area contributed by atoms with E-state index in [0.717, 1.165) is 19.3 Å². The number of amides is 1. The maximum absolute atomic E-state index is 11.1. The van der Waals surface area contributed by atoms with Gasteiger partial charge >= 0.3 is 6.09 Å². The van der Waals surface area contributed by atoms with Crippen molar-refractivity contribution in [3.8, 4) is 0 Å². The van der Waals surface area contributed by atoms with Gasteiger partial charge in [-0.3, -0.25) is 5.32 Å². The van der Waals surface area contributed by atoms with E-state index in [9.17, 15) is 9.90 Å². The van der Waals surface area contributed by atoms with E-state index in [1.54, 1.807) is 0 Å². The van der Waals surface area contributed by atoms with Gasteiger partial charge in [-0.05, 0) is 18.8 Å². The fourth-order valence-electron chi connectivity index (χ4n) is 1.09. The molecule has 0 spiro atoms. The molecule has 2 N–H and O–H groups in total. The smallest absolute Gasteiger partial charge is 0.409 e. The van der Waals surface area contributed by atoms with E-state index in [-0.39, 0.29) is 0 Å². The van der Waals surface area contributed by atoms with E-state index in [1.165, 1.54) is 0 Å². The second kappa shape index (κ2) is 8.53. The predicted octanol–water partition coefficient (Wildman–Crippen LogP) is 2.27. The van der Waals surface area contributed by atoms with Crippen LogP contribution in [-0.4, -0.2) is 24.0 Å². The summed E-state index contributed by atoms with van der Waals surface area (Å²) >= 11 is 0. The number of hydrogen-bond acceptors (Lipinski definition) is 3. The fraction of sp³-hybridized carbons (Fsp3) is 0.909. The van der Waals surface area contributed by atoms with Gasteiger partial charge in [0.1, 0.15) is 6.23 Å². The van der Waals surface area contributed by atoms with Crippen molar-refractivity contribution in [3.63, 3.8) is 0 Å².